The van der Waals surface area contributed by atoms with Crippen molar-refractivity contribution in [2.75, 3.05) is 37.6 Å². The molecule has 0 heterocycles. The molecule has 0 aliphatic heterocycles. The number of hydrogen-bond donors (Lipinski definition) is 1. The minimum atomic E-state index is -2.02. The van der Waals surface area contributed by atoms with Gasteiger partial charge in [0.15, 0.2) is 5.75 Å². The van der Waals surface area contributed by atoms with Gasteiger partial charge in [0, 0.05) is 25.8 Å². The number of anilines is 1. The Kier molecular flexibility index (Phi) is 6.06. The smallest absolute Gasteiger partial charge is 0.392 e. The van der Waals surface area contributed by atoms with E-state index < -0.39 is 19.9 Å². The van der Waals surface area contributed by atoms with Crippen molar-refractivity contribution in [3.63, 3.8) is 0 Å². The standard InChI is InChI=1S/C12H15ClNO4P/c1-14(2)9-3-4-11(19(17)8-12(15)16)10(7-9)18-6-5-13/h3-4,7H,5-6,8H2,1-2H3/p+1. The van der Waals surface area contributed by atoms with Gasteiger partial charge in [0.2, 0.25) is 11.5 Å². The van der Waals surface area contributed by atoms with Crippen LogP contribution in [0.1, 0.15) is 0 Å². The zero-order valence-corrected chi connectivity index (χ0v) is 12.4. The minimum Gasteiger partial charge on any atom is -0.487 e. The Hall–Kier alpha value is -1.32. The van der Waals surface area contributed by atoms with Gasteiger partial charge >= 0.3 is 13.8 Å². The average Bonchev–Trinajstić information content (AvgIpc) is 2.34. The van der Waals surface area contributed by atoms with E-state index in [1.54, 1.807) is 18.2 Å². The maximum absolute atomic E-state index is 12.0. The molecule has 7 heteroatoms. The molecule has 1 N–H and O–H groups in total. The molecular weight excluding hydrogens is 289 g/mol. The van der Waals surface area contributed by atoms with Gasteiger partial charge in [0.25, 0.3) is 0 Å². The highest BCUT2D eigenvalue weighted by Crippen LogP contribution is 2.29. The summed E-state index contributed by atoms with van der Waals surface area (Å²) >= 11 is 5.57. The first-order valence-corrected chi connectivity index (χ1v) is 7.60. The van der Waals surface area contributed by atoms with E-state index in [-0.39, 0.29) is 6.61 Å². The van der Waals surface area contributed by atoms with Gasteiger partial charge in [-0.15, -0.1) is 11.6 Å². The summed E-state index contributed by atoms with van der Waals surface area (Å²) in [6, 6.07) is 5.15. The molecule has 1 unspecified atom stereocenters. The lowest BCUT2D eigenvalue weighted by atomic mass is 10.3. The Bertz CT molecular complexity index is 479. The lowest BCUT2D eigenvalue weighted by Gasteiger charge is -2.14. The highest BCUT2D eigenvalue weighted by molar-refractivity contribution is 7.54. The normalized spacial score (nSPS) is 11.0. The van der Waals surface area contributed by atoms with Gasteiger partial charge in [-0.1, -0.05) is 4.57 Å². The first-order chi connectivity index (χ1) is 8.95. The van der Waals surface area contributed by atoms with Gasteiger partial charge in [-0.3, -0.25) is 0 Å². The summed E-state index contributed by atoms with van der Waals surface area (Å²) in [6.45, 7) is 0.279. The first kappa shape index (κ1) is 15.7. The molecule has 0 saturated heterocycles. The number of rotatable bonds is 7. The lowest BCUT2D eigenvalue weighted by molar-refractivity contribution is -0.134. The van der Waals surface area contributed by atoms with Crippen LogP contribution in [0.15, 0.2) is 18.2 Å². The molecule has 0 radical (unpaired) electrons. The third kappa shape index (κ3) is 4.69. The third-order valence-corrected chi connectivity index (χ3v) is 3.96. The summed E-state index contributed by atoms with van der Waals surface area (Å²) < 4.78 is 17.4. The van der Waals surface area contributed by atoms with Crippen LogP contribution in [0.2, 0.25) is 0 Å². The van der Waals surface area contributed by atoms with Crippen LogP contribution in [0.25, 0.3) is 0 Å². The maximum atomic E-state index is 12.0. The summed E-state index contributed by atoms with van der Waals surface area (Å²) in [5, 5.41) is 9.11. The molecule has 0 spiro atoms. The van der Waals surface area contributed by atoms with E-state index in [9.17, 15) is 9.36 Å². The number of halogens is 1. The van der Waals surface area contributed by atoms with E-state index in [4.69, 9.17) is 21.4 Å². The molecule has 1 rings (SSSR count). The molecular formula is C12H16ClNO4P+. The predicted octanol–water partition coefficient (Wildman–Crippen LogP) is 1.91. The maximum Gasteiger partial charge on any atom is 0.392 e. The minimum absolute atomic E-state index is 0.279. The Morgan fingerprint density at radius 3 is 2.68 bits per heavy atom. The molecule has 1 aromatic carbocycles. The Balaban J connectivity index is 3.07. The van der Waals surface area contributed by atoms with E-state index in [0.717, 1.165) is 5.69 Å². The van der Waals surface area contributed by atoms with Gasteiger partial charge in [-0.25, -0.2) is 4.79 Å². The zero-order chi connectivity index (χ0) is 14.4. The summed E-state index contributed by atoms with van der Waals surface area (Å²) in [7, 11) is 1.72. The fraction of sp³-hybridized carbons (Fsp3) is 0.417. The van der Waals surface area contributed by atoms with Gasteiger partial charge < -0.3 is 14.7 Å². The third-order valence-electron chi connectivity index (χ3n) is 2.34. The van der Waals surface area contributed by atoms with Crippen molar-refractivity contribution in [3.8, 4) is 5.75 Å². The van der Waals surface area contributed by atoms with Crippen LogP contribution in [0.4, 0.5) is 5.69 Å². The molecule has 5 nitrogen and oxygen atoms in total. The Labute approximate surface area is 117 Å². The molecule has 0 aliphatic carbocycles. The van der Waals surface area contributed by atoms with Crippen LogP contribution in [-0.2, 0) is 9.36 Å². The first-order valence-electron chi connectivity index (χ1n) is 5.62. The SMILES string of the molecule is CN(C)c1ccc([P+](=O)CC(=O)O)c(OCCCl)c1. The number of ether oxygens (including phenoxy) is 1. The molecule has 1 atom stereocenters. The van der Waals surface area contributed by atoms with Gasteiger partial charge in [-0.05, 0) is 12.1 Å². The highest BCUT2D eigenvalue weighted by Gasteiger charge is 2.28. The largest absolute Gasteiger partial charge is 0.487 e. The van der Waals surface area contributed by atoms with Crippen molar-refractivity contribution in [2.45, 2.75) is 0 Å². The second-order valence-electron chi connectivity index (χ2n) is 4.01. The molecule has 0 bridgehead atoms. The number of aliphatic carboxylic acids is 1. The number of alkyl halides is 1. The quantitative estimate of drug-likeness (QED) is 0.615. The Morgan fingerprint density at radius 2 is 2.16 bits per heavy atom. The van der Waals surface area contributed by atoms with E-state index in [1.807, 2.05) is 19.0 Å². The highest BCUT2D eigenvalue weighted by atomic mass is 35.5. The van der Waals surface area contributed by atoms with Crippen LogP contribution in [0.5, 0.6) is 5.75 Å². The van der Waals surface area contributed by atoms with Crippen LogP contribution in [0.3, 0.4) is 0 Å². The van der Waals surface area contributed by atoms with Crippen molar-refractivity contribution in [3.05, 3.63) is 18.2 Å². The van der Waals surface area contributed by atoms with Crippen LogP contribution in [-0.4, -0.2) is 43.8 Å². The van der Waals surface area contributed by atoms with Crippen molar-refractivity contribution in [1.82, 2.24) is 0 Å². The number of hydrogen-bond acceptors (Lipinski definition) is 4. The summed E-state index contributed by atoms with van der Waals surface area (Å²) in [5.74, 6) is -0.364. The van der Waals surface area contributed by atoms with Crippen molar-refractivity contribution in [2.24, 2.45) is 0 Å². The number of carbonyl (C=O) groups is 1. The summed E-state index contributed by atoms with van der Waals surface area (Å²) in [5.41, 5.74) is 0.882. The van der Waals surface area contributed by atoms with Crippen molar-refractivity contribution >= 4 is 36.4 Å². The van der Waals surface area contributed by atoms with Crippen LogP contribution in [0, 0.1) is 0 Å². The van der Waals surface area contributed by atoms with Crippen LogP contribution < -0.4 is 14.9 Å². The number of nitrogens with zero attached hydrogens (tertiary/aromatic N) is 1. The van der Waals surface area contributed by atoms with Gasteiger partial charge in [-0.2, -0.15) is 0 Å². The monoisotopic (exact) mass is 304 g/mol. The topological polar surface area (TPSA) is 66.8 Å². The molecule has 1 aromatic rings. The predicted molar refractivity (Wildman–Crippen MR) is 76.7 cm³/mol. The lowest BCUT2D eigenvalue weighted by Crippen LogP contribution is -2.14. The average molecular weight is 305 g/mol. The van der Waals surface area contributed by atoms with E-state index in [0.29, 0.717) is 16.9 Å². The molecule has 0 fully saturated rings. The molecule has 104 valence electrons. The molecule has 0 aromatic heterocycles. The zero-order valence-electron chi connectivity index (χ0n) is 10.8. The fourth-order valence-electron chi connectivity index (χ4n) is 1.46. The Morgan fingerprint density at radius 1 is 1.47 bits per heavy atom. The van der Waals surface area contributed by atoms with Gasteiger partial charge in [0.1, 0.15) is 6.61 Å². The van der Waals surface area contributed by atoms with Crippen molar-refractivity contribution in [1.29, 1.82) is 0 Å². The van der Waals surface area contributed by atoms with E-state index >= 15 is 0 Å². The number of benzene rings is 1. The summed E-state index contributed by atoms with van der Waals surface area (Å²) in [4.78, 5) is 12.5. The molecule has 0 aliphatic rings. The van der Waals surface area contributed by atoms with E-state index in [2.05, 4.69) is 0 Å². The molecule has 19 heavy (non-hydrogen) atoms. The van der Waals surface area contributed by atoms with Crippen LogP contribution >= 0.6 is 19.4 Å². The van der Waals surface area contributed by atoms with Crippen molar-refractivity contribution < 1.29 is 19.2 Å². The fourth-order valence-corrected chi connectivity index (χ4v) is 2.57. The van der Waals surface area contributed by atoms with E-state index in [1.165, 1.54) is 0 Å². The molecule has 0 saturated carbocycles. The second kappa shape index (κ2) is 7.31. The molecule has 0 amide bonds. The second-order valence-corrected chi connectivity index (χ2v) is 5.95. The number of carboxylic acid groups (broad SMARTS) is 1. The summed E-state index contributed by atoms with van der Waals surface area (Å²) in [6.07, 6.45) is -0.409. The van der Waals surface area contributed by atoms with Gasteiger partial charge in [0.05, 0.1) is 5.88 Å². The number of carboxylic acids is 1.